The summed E-state index contributed by atoms with van der Waals surface area (Å²) >= 11 is 0. The maximum Gasteiger partial charge on any atom is 0.0637 e. The van der Waals surface area contributed by atoms with Gasteiger partial charge in [0.25, 0.3) is 0 Å². The Balaban J connectivity index is 5.34. The summed E-state index contributed by atoms with van der Waals surface area (Å²) in [5.41, 5.74) is -1.35. The van der Waals surface area contributed by atoms with Gasteiger partial charge in [-0.25, -0.2) is 0 Å². The van der Waals surface area contributed by atoms with Crippen molar-refractivity contribution < 1.29 is 47.4 Å². The zero-order valence-electron chi connectivity index (χ0n) is 22.1. The van der Waals surface area contributed by atoms with E-state index in [1.54, 1.807) is 56.9 Å². The lowest BCUT2D eigenvalue weighted by atomic mass is 9.89. The molecule has 33 heavy (non-hydrogen) atoms. The Labute approximate surface area is 200 Å². The van der Waals surface area contributed by atoms with Crippen molar-refractivity contribution in [1.29, 1.82) is 0 Å². The Morgan fingerprint density at radius 2 is 0.424 bits per heavy atom. The average molecular weight is 485 g/mol. The summed E-state index contributed by atoms with van der Waals surface area (Å²) in [4.78, 5) is 0. The maximum atomic E-state index is 6.20. The van der Waals surface area contributed by atoms with Crippen LogP contribution >= 0.6 is 0 Å². The first-order valence-electron chi connectivity index (χ1n) is 11.0. The fourth-order valence-electron chi connectivity index (χ4n) is 4.17. The SMILES string of the molecule is COCC(COC)(COC)COCC(COC)(COC)COCC(COC)(COC)COC. The zero-order chi connectivity index (χ0) is 25.1. The molecule has 0 fully saturated rings. The molecule has 0 N–H and O–H groups in total. The van der Waals surface area contributed by atoms with Gasteiger partial charge in [-0.05, 0) is 0 Å². The number of hydrogen-bond donors (Lipinski definition) is 0. The monoisotopic (exact) mass is 484 g/mol. The van der Waals surface area contributed by atoms with Crippen molar-refractivity contribution in [3.05, 3.63) is 0 Å². The van der Waals surface area contributed by atoms with Crippen LogP contribution in [-0.2, 0) is 47.4 Å². The van der Waals surface area contributed by atoms with Crippen LogP contribution in [0.3, 0.4) is 0 Å². The molecule has 0 saturated heterocycles. The van der Waals surface area contributed by atoms with E-state index in [-0.39, 0.29) is 0 Å². The summed E-state index contributed by atoms with van der Waals surface area (Å²) in [6.07, 6.45) is 0. The van der Waals surface area contributed by atoms with Crippen LogP contribution in [0, 0.1) is 16.2 Å². The van der Waals surface area contributed by atoms with Gasteiger partial charge in [-0.15, -0.1) is 0 Å². The summed E-state index contributed by atoms with van der Waals surface area (Å²) in [6, 6.07) is 0. The Bertz CT molecular complexity index is 375. The van der Waals surface area contributed by atoms with Gasteiger partial charge in [-0.1, -0.05) is 0 Å². The predicted octanol–water partition coefficient (Wildman–Crippen LogP) is 1.15. The van der Waals surface area contributed by atoms with Crippen molar-refractivity contribution in [2.45, 2.75) is 0 Å². The van der Waals surface area contributed by atoms with Gasteiger partial charge in [0.2, 0.25) is 0 Å². The van der Waals surface area contributed by atoms with E-state index in [4.69, 9.17) is 47.4 Å². The highest BCUT2D eigenvalue weighted by atomic mass is 16.5. The Kier molecular flexibility index (Phi) is 18.6. The Morgan fingerprint density at radius 3 is 0.576 bits per heavy atom. The fraction of sp³-hybridized carbons (Fsp3) is 1.00. The number of ether oxygens (including phenoxy) is 10. The summed E-state index contributed by atoms with van der Waals surface area (Å²) in [5.74, 6) is 0. The second kappa shape index (κ2) is 18.9. The lowest BCUT2D eigenvalue weighted by molar-refractivity contribution is -0.143. The molecule has 0 amide bonds. The molecule has 10 heteroatoms. The van der Waals surface area contributed by atoms with Crippen LogP contribution < -0.4 is 0 Å². The number of hydrogen-bond acceptors (Lipinski definition) is 10. The van der Waals surface area contributed by atoms with E-state index in [2.05, 4.69) is 0 Å². The van der Waals surface area contributed by atoms with Gasteiger partial charge < -0.3 is 47.4 Å². The van der Waals surface area contributed by atoms with Crippen molar-refractivity contribution in [2.75, 3.05) is 136 Å². The molecule has 0 rings (SSSR count). The molecule has 0 aromatic heterocycles. The molecule has 0 heterocycles. The molecular weight excluding hydrogens is 436 g/mol. The molecule has 0 aromatic carbocycles. The standard InChI is InChI=1S/C23H48O10/c1-24-9-21(10-25-2,11-26-3)17-32-19-23(15-30-7,16-31-8)20-33-18-22(12-27-4,13-28-5)14-29-6/h9-20H2,1-8H3. The van der Waals surface area contributed by atoms with Gasteiger partial charge in [0.05, 0.1) is 95.5 Å². The highest BCUT2D eigenvalue weighted by Gasteiger charge is 2.37. The Hall–Kier alpha value is -0.400. The molecular formula is C23H48O10. The first kappa shape index (κ1) is 32.6. The molecule has 0 aromatic rings. The third kappa shape index (κ3) is 12.2. The third-order valence-corrected chi connectivity index (χ3v) is 5.24. The average Bonchev–Trinajstić information content (AvgIpc) is 2.75. The van der Waals surface area contributed by atoms with E-state index in [0.717, 1.165) is 0 Å². The Morgan fingerprint density at radius 1 is 0.273 bits per heavy atom. The van der Waals surface area contributed by atoms with Crippen LogP contribution in [0.5, 0.6) is 0 Å². The molecule has 0 aliphatic heterocycles. The minimum absolute atomic E-state index is 0.361. The van der Waals surface area contributed by atoms with Crippen LogP contribution in [0.25, 0.3) is 0 Å². The molecule has 0 bridgehead atoms. The van der Waals surface area contributed by atoms with Gasteiger partial charge >= 0.3 is 0 Å². The van der Waals surface area contributed by atoms with E-state index in [1.807, 2.05) is 0 Å². The van der Waals surface area contributed by atoms with Crippen LogP contribution in [0.2, 0.25) is 0 Å². The zero-order valence-corrected chi connectivity index (χ0v) is 22.1. The van der Waals surface area contributed by atoms with E-state index >= 15 is 0 Å². The normalized spacial score (nSPS) is 13.1. The van der Waals surface area contributed by atoms with Crippen molar-refractivity contribution in [3.8, 4) is 0 Å². The second-order valence-corrected chi connectivity index (χ2v) is 8.95. The predicted molar refractivity (Wildman–Crippen MR) is 124 cm³/mol. The van der Waals surface area contributed by atoms with Gasteiger partial charge in [-0.3, -0.25) is 0 Å². The van der Waals surface area contributed by atoms with Crippen molar-refractivity contribution >= 4 is 0 Å². The quantitative estimate of drug-likeness (QED) is 0.199. The van der Waals surface area contributed by atoms with Crippen molar-refractivity contribution in [1.82, 2.24) is 0 Å². The molecule has 0 saturated carbocycles. The first-order chi connectivity index (χ1) is 15.9. The molecule has 0 radical (unpaired) electrons. The smallest absolute Gasteiger partial charge is 0.0637 e. The molecule has 200 valence electrons. The van der Waals surface area contributed by atoms with Gasteiger partial charge in [0, 0.05) is 56.9 Å². The van der Waals surface area contributed by atoms with Gasteiger partial charge in [0.1, 0.15) is 0 Å². The van der Waals surface area contributed by atoms with Crippen LogP contribution in [0.1, 0.15) is 0 Å². The molecule has 0 unspecified atom stereocenters. The maximum absolute atomic E-state index is 6.20. The minimum Gasteiger partial charge on any atom is -0.384 e. The van der Waals surface area contributed by atoms with Crippen molar-refractivity contribution in [3.63, 3.8) is 0 Å². The number of rotatable bonds is 24. The summed E-state index contributed by atoms with van der Waals surface area (Å²) < 4.78 is 55.9. The molecule has 0 aliphatic rings. The number of methoxy groups -OCH3 is 8. The van der Waals surface area contributed by atoms with E-state index < -0.39 is 16.2 Å². The molecule has 10 nitrogen and oxygen atoms in total. The fourth-order valence-corrected chi connectivity index (χ4v) is 4.17. The van der Waals surface area contributed by atoms with Crippen LogP contribution in [-0.4, -0.2) is 136 Å². The molecule has 0 spiro atoms. The third-order valence-electron chi connectivity index (χ3n) is 5.24. The van der Waals surface area contributed by atoms with Crippen molar-refractivity contribution in [2.24, 2.45) is 16.2 Å². The van der Waals surface area contributed by atoms with E-state index in [0.29, 0.717) is 79.3 Å². The lowest BCUT2D eigenvalue weighted by Crippen LogP contribution is -2.46. The summed E-state index contributed by atoms with van der Waals surface area (Å²) in [6.45, 7) is 4.97. The van der Waals surface area contributed by atoms with Crippen LogP contribution in [0.4, 0.5) is 0 Å². The van der Waals surface area contributed by atoms with E-state index in [9.17, 15) is 0 Å². The second-order valence-electron chi connectivity index (χ2n) is 8.95. The minimum atomic E-state index is -0.512. The summed E-state index contributed by atoms with van der Waals surface area (Å²) in [7, 11) is 13.2. The summed E-state index contributed by atoms with van der Waals surface area (Å²) in [5, 5.41) is 0. The van der Waals surface area contributed by atoms with Crippen LogP contribution in [0.15, 0.2) is 0 Å². The van der Waals surface area contributed by atoms with E-state index in [1.165, 1.54) is 0 Å². The topological polar surface area (TPSA) is 92.3 Å². The largest absolute Gasteiger partial charge is 0.384 e. The molecule has 0 atom stereocenters. The highest BCUT2D eigenvalue weighted by Crippen LogP contribution is 2.26. The van der Waals surface area contributed by atoms with Gasteiger partial charge in [0.15, 0.2) is 0 Å². The molecule has 0 aliphatic carbocycles. The first-order valence-corrected chi connectivity index (χ1v) is 11.0. The van der Waals surface area contributed by atoms with Gasteiger partial charge in [-0.2, -0.15) is 0 Å². The lowest BCUT2D eigenvalue weighted by Gasteiger charge is -2.37. The highest BCUT2D eigenvalue weighted by molar-refractivity contribution is 4.84.